The van der Waals surface area contributed by atoms with Crippen LogP contribution >= 0.6 is 0 Å². The molecule has 0 N–H and O–H groups in total. The fraction of sp³-hybridized carbons (Fsp3) is 0.500. The molecule has 0 aromatic rings. The summed E-state index contributed by atoms with van der Waals surface area (Å²) in [5.74, 6) is 1.78. The van der Waals surface area contributed by atoms with Crippen molar-refractivity contribution in [2.45, 2.75) is 26.7 Å². The predicted molar refractivity (Wildman–Crippen MR) is 54.3 cm³/mol. The first kappa shape index (κ1) is 8.61. The van der Waals surface area contributed by atoms with Crippen molar-refractivity contribution in [2.24, 2.45) is 5.92 Å². The molecule has 0 spiro atoms. The van der Waals surface area contributed by atoms with Crippen molar-refractivity contribution >= 4 is 0 Å². The van der Waals surface area contributed by atoms with Gasteiger partial charge >= 0.3 is 0 Å². The lowest BCUT2D eigenvalue weighted by Gasteiger charge is -2.13. The lowest BCUT2D eigenvalue weighted by atomic mass is 9.98. The Balaban J connectivity index is 2.46. The number of ether oxygens (including phenoxy) is 1. The minimum atomic E-state index is 0.704. The second kappa shape index (κ2) is 3.06. The number of hydrogen-bond acceptors (Lipinski definition) is 1. The lowest BCUT2D eigenvalue weighted by molar-refractivity contribution is 0.300. The Labute approximate surface area is 79.8 Å². The Morgan fingerprint density at radius 1 is 1.38 bits per heavy atom. The van der Waals surface area contributed by atoms with E-state index in [0.29, 0.717) is 5.92 Å². The highest BCUT2D eigenvalue weighted by atomic mass is 16.5. The molecule has 0 amide bonds. The molecule has 1 atom stereocenters. The van der Waals surface area contributed by atoms with Crippen molar-refractivity contribution in [1.29, 1.82) is 0 Å². The van der Waals surface area contributed by atoms with Crippen LogP contribution in [0.1, 0.15) is 26.7 Å². The van der Waals surface area contributed by atoms with Crippen molar-refractivity contribution in [3.05, 3.63) is 34.6 Å². The van der Waals surface area contributed by atoms with E-state index >= 15 is 0 Å². The van der Waals surface area contributed by atoms with Gasteiger partial charge in [0.05, 0.1) is 7.11 Å². The summed E-state index contributed by atoms with van der Waals surface area (Å²) < 4.78 is 5.36. The molecule has 0 bridgehead atoms. The van der Waals surface area contributed by atoms with Crippen LogP contribution in [0.15, 0.2) is 34.6 Å². The number of allylic oxidation sites excluding steroid dienone is 5. The molecular weight excluding hydrogens is 160 g/mol. The molecule has 0 saturated heterocycles. The van der Waals surface area contributed by atoms with Crippen LogP contribution in [0.2, 0.25) is 0 Å². The zero-order valence-electron chi connectivity index (χ0n) is 8.55. The summed E-state index contributed by atoms with van der Waals surface area (Å²) in [4.78, 5) is 0. The number of fused-ring (bicyclic) bond motifs is 1. The van der Waals surface area contributed by atoms with Gasteiger partial charge in [0, 0.05) is 0 Å². The van der Waals surface area contributed by atoms with Crippen molar-refractivity contribution < 1.29 is 4.74 Å². The highest BCUT2D eigenvalue weighted by Gasteiger charge is 2.26. The maximum absolute atomic E-state index is 5.36. The lowest BCUT2D eigenvalue weighted by Crippen LogP contribution is -1.97. The summed E-state index contributed by atoms with van der Waals surface area (Å²) in [5, 5.41) is 0. The van der Waals surface area contributed by atoms with Gasteiger partial charge in [-0.1, -0.05) is 18.6 Å². The van der Waals surface area contributed by atoms with Gasteiger partial charge in [0.1, 0.15) is 5.76 Å². The average molecular weight is 176 g/mol. The van der Waals surface area contributed by atoms with Crippen LogP contribution in [-0.4, -0.2) is 7.11 Å². The third-order valence-electron chi connectivity index (χ3n) is 3.20. The summed E-state index contributed by atoms with van der Waals surface area (Å²) >= 11 is 0. The van der Waals surface area contributed by atoms with Gasteiger partial charge in [-0.2, -0.15) is 0 Å². The van der Waals surface area contributed by atoms with Crippen molar-refractivity contribution in [3.8, 4) is 0 Å². The van der Waals surface area contributed by atoms with E-state index in [-0.39, 0.29) is 0 Å². The Kier molecular flexibility index (Phi) is 2.03. The van der Waals surface area contributed by atoms with Crippen LogP contribution in [0.25, 0.3) is 0 Å². The van der Waals surface area contributed by atoms with Gasteiger partial charge < -0.3 is 4.74 Å². The topological polar surface area (TPSA) is 9.23 Å². The molecule has 13 heavy (non-hydrogen) atoms. The van der Waals surface area contributed by atoms with Gasteiger partial charge in [-0.05, 0) is 42.9 Å². The fourth-order valence-corrected chi connectivity index (χ4v) is 2.23. The largest absolute Gasteiger partial charge is 0.496 e. The minimum absolute atomic E-state index is 0.704. The van der Waals surface area contributed by atoms with E-state index in [9.17, 15) is 0 Å². The van der Waals surface area contributed by atoms with E-state index < -0.39 is 0 Å². The molecule has 0 aromatic heterocycles. The third kappa shape index (κ3) is 1.23. The van der Waals surface area contributed by atoms with E-state index in [4.69, 9.17) is 4.74 Å². The summed E-state index contributed by atoms with van der Waals surface area (Å²) in [6.45, 7) is 4.54. The van der Waals surface area contributed by atoms with Crippen LogP contribution in [0, 0.1) is 5.92 Å². The number of hydrogen-bond donors (Lipinski definition) is 0. The van der Waals surface area contributed by atoms with E-state index in [1.54, 1.807) is 12.7 Å². The standard InChI is InChI=1S/C12H16O/c1-8-7-11-10(9(8)2)5-4-6-12(11)13-3/h4,6,8H,5,7H2,1-3H3. The number of methoxy groups -OCH3 is 1. The van der Waals surface area contributed by atoms with E-state index in [2.05, 4.69) is 26.0 Å². The first-order valence-corrected chi connectivity index (χ1v) is 4.87. The third-order valence-corrected chi connectivity index (χ3v) is 3.20. The monoisotopic (exact) mass is 176 g/mol. The Morgan fingerprint density at radius 2 is 2.15 bits per heavy atom. The summed E-state index contributed by atoms with van der Waals surface area (Å²) in [5.41, 5.74) is 4.51. The molecule has 1 heteroatoms. The fourth-order valence-electron chi connectivity index (χ4n) is 2.23. The smallest absolute Gasteiger partial charge is 0.122 e. The van der Waals surface area contributed by atoms with E-state index in [1.165, 1.54) is 11.1 Å². The molecule has 0 aliphatic heterocycles. The SMILES string of the molecule is COC1=C2CC(C)C(C)=C2CC=C1. The predicted octanol–water partition coefficient (Wildman–Crippen LogP) is 3.20. The first-order valence-electron chi connectivity index (χ1n) is 4.87. The quantitative estimate of drug-likeness (QED) is 0.596. The van der Waals surface area contributed by atoms with Crippen LogP contribution in [0.4, 0.5) is 0 Å². The number of rotatable bonds is 1. The van der Waals surface area contributed by atoms with Gasteiger partial charge in [0.25, 0.3) is 0 Å². The second-order valence-electron chi connectivity index (χ2n) is 3.92. The van der Waals surface area contributed by atoms with Crippen LogP contribution < -0.4 is 0 Å². The first-order chi connectivity index (χ1) is 6.24. The molecule has 0 saturated carbocycles. The Hall–Kier alpha value is -0.980. The van der Waals surface area contributed by atoms with Crippen molar-refractivity contribution in [1.82, 2.24) is 0 Å². The molecule has 2 aliphatic rings. The molecule has 0 radical (unpaired) electrons. The zero-order chi connectivity index (χ0) is 9.42. The molecular formula is C12H16O. The van der Waals surface area contributed by atoms with Crippen molar-refractivity contribution in [3.63, 3.8) is 0 Å². The van der Waals surface area contributed by atoms with E-state index in [0.717, 1.165) is 18.6 Å². The van der Waals surface area contributed by atoms with Gasteiger partial charge in [-0.25, -0.2) is 0 Å². The average Bonchev–Trinajstić information content (AvgIpc) is 2.43. The molecule has 0 fully saturated rings. The van der Waals surface area contributed by atoms with Crippen LogP contribution in [0.3, 0.4) is 0 Å². The molecule has 2 aliphatic carbocycles. The molecule has 0 heterocycles. The maximum Gasteiger partial charge on any atom is 0.122 e. The molecule has 70 valence electrons. The van der Waals surface area contributed by atoms with Crippen LogP contribution in [0.5, 0.6) is 0 Å². The highest BCUT2D eigenvalue weighted by molar-refractivity contribution is 5.49. The normalized spacial score (nSPS) is 26.8. The molecule has 2 rings (SSSR count). The molecule has 1 nitrogen and oxygen atoms in total. The summed E-state index contributed by atoms with van der Waals surface area (Å²) in [6, 6.07) is 0. The highest BCUT2D eigenvalue weighted by Crippen LogP contribution is 2.41. The Morgan fingerprint density at radius 3 is 2.85 bits per heavy atom. The molecule has 0 aromatic carbocycles. The summed E-state index contributed by atoms with van der Waals surface area (Å²) in [6.07, 6.45) is 6.55. The zero-order valence-corrected chi connectivity index (χ0v) is 8.55. The van der Waals surface area contributed by atoms with Gasteiger partial charge in [-0.3, -0.25) is 0 Å². The van der Waals surface area contributed by atoms with Crippen molar-refractivity contribution in [2.75, 3.05) is 7.11 Å². The second-order valence-corrected chi connectivity index (χ2v) is 3.92. The van der Waals surface area contributed by atoms with Gasteiger partial charge in [-0.15, -0.1) is 0 Å². The molecule has 1 unspecified atom stereocenters. The minimum Gasteiger partial charge on any atom is -0.496 e. The Bertz CT molecular complexity index is 318. The van der Waals surface area contributed by atoms with Crippen LogP contribution in [-0.2, 0) is 4.74 Å². The summed E-state index contributed by atoms with van der Waals surface area (Å²) in [7, 11) is 1.76. The maximum atomic E-state index is 5.36. The van der Waals surface area contributed by atoms with Gasteiger partial charge in [0.15, 0.2) is 0 Å². The van der Waals surface area contributed by atoms with Gasteiger partial charge in [0.2, 0.25) is 0 Å². The van der Waals surface area contributed by atoms with E-state index in [1.807, 2.05) is 0 Å².